The van der Waals surface area contributed by atoms with Gasteiger partial charge in [-0.05, 0) is 19.1 Å². The Kier molecular flexibility index (Phi) is 4.82. The van der Waals surface area contributed by atoms with Gasteiger partial charge in [0.15, 0.2) is 0 Å². The highest BCUT2D eigenvalue weighted by Gasteiger charge is 2.15. The topological polar surface area (TPSA) is 106 Å². The predicted octanol–water partition coefficient (Wildman–Crippen LogP) is -0.320. The van der Waals surface area contributed by atoms with E-state index in [1.165, 1.54) is 25.4 Å². The number of nitrogens with zero attached hydrogens (tertiary/aromatic N) is 1. The minimum absolute atomic E-state index is 0.0832. The Morgan fingerprint density at radius 1 is 1.53 bits per heavy atom. The van der Waals surface area contributed by atoms with Gasteiger partial charge < -0.3 is 10.2 Å². The number of ether oxygens (including phenoxy) is 1. The molecule has 0 amide bonds. The average Bonchev–Trinajstić information content (AvgIpc) is 2.36. The molecule has 1 aromatic rings. The van der Waals surface area contributed by atoms with E-state index in [1.54, 1.807) is 6.92 Å². The minimum atomic E-state index is -3.55. The highest BCUT2D eigenvalue weighted by molar-refractivity contribution is 7.89. The van der Waals surface area contributed by atoms with Crippen LogP contribution in [-0.2, 0) is 14.8 Å². The molecule has 1 atom stereocenters. The zero-order chi connectivity index (χ0) is 12.9. The Hall–Kier alpha value is -1.22. The van der Waals surface area contributed by atoms with E-state index in [4.69, 9.17) is 10.6 Å². The fourth-order valence-electron chi connectivity index (χ4n) is 1.02. The van der Waals surface area contributed by atoms with E-state index in [1.807, 2.05) is 0 Å². The van der Waals surface area contributed by atoms with E-state index >= 15 is 0 Å². The molecule has 7 nitrogen and oxygen atoms in total. The van der Waals surface area contributed by atoms with Crippen LogP contribution >= 0.6 is 0 Å². The van der Waals surface area contributed by atoms with E-state index in [0.29, 0.717) is 5.82 Å². The second kappa shape index (κ2) is 5.92. The van der Waals surface area contributed by atoms with Crippen LogP contribution in [0.4, 0.5) is 5.82 Å². The van der Waals surface area contributed by atoms with Crippen molar-refractivity contribution >= 4 is 15.8 Å². The van der Waals surface area contributed by atoms with Crippen molar-refractivity contribution in [2.75, 3.05) is 19.1 Å². The van der Waals surface area contributed by atoms with Crippen LogP contribution in [0.5, 0.6) is 0 Å². The second-order valence-electron chi connectivity index (χ2n) is 3.42. The molecule has 17 heavy (non-hydrogen) atoms. The molecular weight excluding hydrogens is 244 g/mol. The van der Waals surface area contributed by atoms with Crippen LogP contribution in [0.1, 0.15) is 6.92 Å². The predicted molar refractivity (Wildman–Crippen MR) is 63.7 cm³/mol. The lowest BCUT2D eigenvalue weighted by atomic mass is 10.4. The zero-order valence-corrected chi connectivity index (χ0v) is 10.5. The second-order valence-corrected chi connectivity index (χ2v) is 5.19. The minimum Gasteiger partial charge on any atom is -0.380 e. The maximum Gasteiger partial charge on any atom is 0.242 e. The first kappa shape index (κ1) is 13.8. The number of nitrogens with one attached hydrogen (secondary N) is 2. The van der Waals surface area contributed by atoms with Crippen LogP contribution < -0.4 is 16.0 Å². The molecule has 0 bridgehead atoms. The number of hydrogen-bond donors (Lipinski definition) is 3. The van der Waals surface area contributed by atoms with Gasteiger partial charge in [0.25, 0.3) is 0 Å². The highest BCUT2D eigenvalue weighted by Crippen LogP contribution is 2.09. The summed E-state index contributed by atoms with van der Waals surface area (Å²) in [6.45, 7) is 1.97. The van der Waals surface area contributed by atoms with Crippen LogP contribution in [0.15, 0.2) is 23.2 Å². The summed E-state index contributed by atoms with van der Waals surface area (Å²) < 4.78 is 31.0. The van der Waals surface area contributed by atoms with Crippen LogP contribution in [0.25, 0.3) is 0 Å². The molecule has 0 aliphatic carbocycles. The van der Waals surface area contributed by atoms with E-state index in [-0.39, 0.29) is 17.5 Å². The Labute approximate surface area is 100 Å². The number of nitrogen functional groups attached to an aromatic ring is 1. The first-order chi connectivity index (χ1) is 7.99. The van der Waals surface area contributed by atoms with Gasteiger partial charge in [0.05, 0.1) is 6.10 Å². The molecule has 1 aromatic heterocycles. The van der Waals surface area contributed by atoms with Crippen molar-refractivity contribution in [3.63, 3.8) is 0 Å². The molecular formula is C9H16N4O3S. The van der Waals surface area contributed by atoms with Crippen LogP contribution in [0.2, 0.25) is 0 Å². The molecule has 0 radical (unpaired) electrons. The van der Waals surface area contributed by atoms with Gasteiger partial charge in [-0.1, -0.05) is 0 Å². The maximum atomic E-state index is 11.8. The van der Waals surface area contributed by atoms with Crippen molar-refractivity contribution in [2.45, 2.75) is 17.9 Å². The number of hydrogen-bond acceptors (Lipinski definition) is 6. The third kappa shape index (κ3) is 3.93. The Bertz CT molecular complexity index is 446. The number of nitrogens with two attached hydrogens (primary N) is 1. The van der Waals surface area contributed by atoms with E-state index in [9.17, 15) is 8.42 Å². The Morgan fingerprint density at radius 2 is 2.24 bits per heavy atom. The molecule has 0 saturated heterocycles. The fraction of sp³-hybridized carbons (Fsp3) is 0.444. The lowest BCUT2D eigenvalue weighted by Gasteiger charge is -2.11. The van der Waals surface area contributed by atoms with Crippen molar-refractivity contribution in [3.8, 4) is 0 Å². The lowest BCUT2D eigenvalue weighted by Crippen LogP contribution is -2.31. The van der Waals surface area contributed by atoms with Crippen molar-refractivity contribution in [3.05, 3.63) is 18.3 Å². The highest BCUT2D eigenvalue weighted by atomic mass is 32.2. The summed E-state index contributed by atoms with van der Waals surface area (Å²) in [5, 5.41) is 0. The summed E-state index contributed by atoms with van der Waals surface area (Å²) >= 11 is 0. The smallest absolute Gasteiger partial charge is 0.242 e. The number of rotatable bonds is 6. The molecule has 8 heteroatoms. The first-order valence-electron chi connectivity index (χ1n) is 4.94. The number of methoxy groups -OCH3 is 1. The van der Waals surface area contributed by atoms with Crippen molar-refractivity contribution in [2.24, 2.45) is 5.84 Å². The van der Waals surface area contributed by atoms with Gasteiger partial charge in [0, 0.05) is 19.9 Å². The third-order valence-corrected chi connectivity index (χ3v) is 3.57. The fourth-order valence-corrected chi connectivity index (χ4v) is 2.08. The monoisotopic (exact) mass is 260 g/mol. The molecule has 0 aliphatic rings. The quantitative estimate of drug-likeness (QED) is 0.478. The third-order valence-electron chi connectivity index (χ3n) is 2.16. The lowest BCUT2D eigenvalue weighted by molar-refractivity contribution is 0.122. The number of sulfonamides is 1. The molecule has 0 saturated carbocycles. The summed E-state index contributed by atoms with van der Waals surface area (Å²) in [5.74, 6) is 5.53. The Morgan fingerprint density at radius 3 is 2.71 bits per heavy atom. The van der Waals surface area contributed by atoms with Crippen molar-refractivity contribution in [1.29, 1.82) is 0 Å². The normalized spacial score (nSPS) is 13.4. The van der Waals surface area contributed by atoms with Gasteiger partial charge in [0.2, 0.25) is 10.0 Å². The van der Waals surface area contributed by atoms with Gasteiger partial charge in [-0.25, -0.2) is 24.0 Å². The largest absolute Gasteiger partial charge is 0.380 e. The molecule has 1 unspecified atom stereocenters. The summed E-state index contributed by atoms with van der Waals surface area (Å²) in [6, 6.07) is 2.90. The van der Waals surface area contributed by atoms with Crippen LogP contribution in [0, 0.1) is 0 Å². The summed E-state index contributed by atoms with van der Waals surface area (Å²) in [5.41, 5.74) is 2.32. The number of anilines is 1. The first-order valence-corrected chi connectivity index (χ1v) is 6.43. The molecule has 0 aromatic carbocycles. The number of hydrazine groups is 1. The van der Waals surface area contributed by atoms with Crippen molar-refractivity contribution in [1.82, 2.24) is 9.71 Å². The molecule has 1 heterocycles. The van der Waals surface area contributed by atoms with Crippen LogP contribution in [0.3, 0.4) is 0 Å². The van der Waals surface area contributed by atoms with Crippen LogP contribution in [-0.4, -0.2) is 33.2 Å². The molecule has 4 N–H and O–H groups in total. The molecule has 0 fully saturated rings. The standard InChI is InChI=1S/C9H16N4O3S/c1-7(16-2)5-12-17(14,15)8-3-4-9(13-10)11-6-8/h3-4,6-7,12H,5,10H2,1-2H3,(H,11,13). The average molecular weight is 260 g/mol. The molecule has 1 rings (SSSR count). The zero-order valence-electron chi connectivity index (χ0n) is 9.67. The SMILES string of the molecule is COC(C)CNS(=O)(=O)c1ccc(NN)nc1. The van der Waals surface area contributed by atoms with E-state index in [0.717, 1.165) is 0 Å². The van der Waals surface area contributed by atoms with Gasteiger partial charge in [-0.15, -0.1) is 0 Å². The summed E-state index contributed by atoms with van der Waals surface area (Å²) in [4.78, 5) is 3.91. The van der Waals surface area contributed by atoms with Crippen molar-refractivity contribution < 1.29 is 13.2 Å². The summed E-state index contributed by atoms with van der Waals surface area (Å²) in [6.07, 6.45) is 1.04. The molecule has 0 spiro atoms. The summed E-state index contributed by atoms with van der Waals surface area (Å²) in [7, 11) is -2.04. The van der Waals surface area contributed by atoms with Gasteiger partial charge in [-0.3, -0.25) is 0 Å². The van der Waals surface area contributed by atoms with E-state index in [2.05, 4.69) is 15.1 Å². The van der Waals surface area contributed by atoms with Gasteiger partial charge in [-0.2, -0.15) is 0 Å². The van der Waals surface area contributed by atoms with E-state index < -0.39 is 10.0 Å². The molecule has 96 valence electrons. The number of pyridine rings is 1. The molecule has 0 aliphatic heterocycles. The number of aromatic nitrogens is 1. The Balaban J connectivity index is 2.75. The maximum absolute atomic E-state index is 11.8. The van der Waals surface area contributed by atoms with Gasteiger partial charge in [0.1, 0.15) is 10.7 Å². The van der Waals surface area contributed by atoms with Gasteiger partial charge >= 0.3 is 0 Å².